The standard InChI is InChI=1S/C7H4ClNTe/c8-5-1-2-7-6(3-5)9-4-10-7/h1-4H. The van der Waals surface area contributed by atoms with Gasteiger partial charge in [0.25, 0.3) is 0 Å². The van der Waals surface area contributed by atoms with Crippen molar-refractivity contribution in [2.24, 2.45) is 0 Å². The SMILES string of the molecule is Clc1ccc2[te]cnc2c1. The summed E-state index contributed by atoms with van der Waals surface area (Å²) in [6.07, 6.45) is 0. The molecule has 1 nitrogen and oxygen atoms in total. The van der Waals surface area contributed by atoms with Gasteiger partial charge in [0.15, 0.2) is 0 Å². The zero-order valence-electron chi connectivity index (χ0n) is 5.04. The van der Waals surface area contributed by atoms with Crippen LogP contribution in [0.3, 0.4) is 0 Å². The molecule has 10 heavy (non-hydrogen) atoms. The average Bonchev–Trinajstić information content (AvgIpc) is 2.33. The number of hydrogen-bond donors (Lipinski definition) is 0. The van der Waals surface area contributed by atoms with E-state index in [9.17, 15) is 0 Å². The first-order chi connectivity index (χ1) is 4.86. The quantitative estimate of drug-likeness (QED) is 0.663. The summed E-state index contributed by atoms with van der Waals surface area (Å²) >= 11 is 5.66. The van der Waals surface area contributed by atoms with Gasteiger partial charge in [-0.3, -0.25) is 0 Å². The number of benzene rings is 1. The van der Waals surface area contributed by atoms with E-state index in [4.69, 9.17) is 11.6 Å². The summed E-state index contributed by atoms with van der Waals surface area (Å²) in [5.41, 5.74) is 1.08. The van der Waals surface area contributed by atoms with E-state index in [1.807, 2.05) is 16.3 Å². The van der Waals surface area contributed by atoms with Gasteiger partial charge in [0.2, 0.25) is 0 Å². The Labute approximate surface area is 73.3 Å². The van der Waals surface area contributed by atoms with Gasteiger partial charge in [-0.25, -0.2) is 0 Å². The van der Waals surface area contributed by atoms with Crippen molar-refractivity contribution in [1.29, 1.82) is 0 Å². The number of halogens is 1. The summed E-state index contributed by atoms with van der Waals surface area (Å²) in [6, 6.07) is 5.93. The molecule has 0 bridgehead atoms. The summed E-state index contributed by atoms with van der Waals surface area (Å²) in [4.78, 5) is 4.21. The molecular formula is C7H4ClNTe. The van der Waals surface area contributed by atoms with Crippen molar-refractivity contribution in [3.8, 4) is 0 Å². The van der Waals surface area contributed by atoms with Crippen LogP contribution >= 0.6 is 11.6 Å². The Morgan fingerprint density at radius 3 is 3.20 bits per heavy atom. The van der Waals surface area contributed by atoms with E-state index >= 15 is 0 Å². The van der Waals surface area contributed by atoms with Gasteiger partial charge in [-0.1, -0.05) is 0 Å². The van der Waals surface area contributed by atoms with Crippen LogP contribution in [0.5, 0.6) is 0 Å². The number of aromatic nitrogens is 1. The fourth-order valence-corrected chi connectivity index (χ4v) is 2.88. The van der Waals surface area contributed by atoms with Gasteiger partial charge < -0.3 is 0 Å². The van der Waals surface area contributed by atoms with Crippen LogP contribution < -0.4 is 0 Å². The normalized spacial score (nSPS) is 10.5. The molecule has 1 aromatic heterocycles. The summed E-state index contributed by atoms with van der Waals surface area (Å²) in [6.45, 7) is 0. The van der Waals surface area contributed by atoms with Crippen LogP contribution in [-0.2, 0) is 0 Å². The minimum absolute atomic E-state index is 0.103. The molecule has 2 aromatic rings. The van der Waals surface area contributed by atoms with E-state index < -0.39 is 0 Å². The molecule has 0 radical (unpaired) electrons. The fourth-order valence-electron chi connectivity index (χ4n) is 0.831. The Kier molecular flexibility index (Phi) is 1.69. The topological polar surface area (TPSA) is 12.9 Å². The average molecular weight is 265 g/mol. The second-order valence-electron chi connectivity index (χ2n) is 1.96. The predicted octanol–water partition coefficient (Wildman–Crippen LogP) is 1.95. The van der Waals surface area contributed by atoms with Crippen LogP contribution in [0.15, 0.2) is 22.4 Å². The van der Waals surface area contributed by atoms with Crippen molar-refractivity contribution >= 4 is 41.0 Å². The van der Waals surface area contributed by atoms with Crippen molar-refractivity contribution in [3.05, 3.63) is 27.4 Å². The maximum absolute atomic E-state index is 5.76. The number of fused-ring (bicyclic) bond motifs is 1. The molecule has 1 aromatic carbocycles. The number of nitrogens with zero attached hydrogens (tertiary/aromatic N) is 1. The zero-order chi connectivity index (χ0) is 6.97. The third-order valence-corrected chi connectivity index (χ3v) is 3.84. The third-order valence-electron chi connectivity index (χ3n) is 1.29. The number of rotatable bonds is 0. The van der Waals surface area contributed by atoms with Crippen LogP contribution in [0.4, 0.5) is 0 Å². The van der Waals surface area contributed by atoms with Crippen molar-refractivity contribution < 1.29 is 0 Å². The van der Waals surface area contributed by atoms with Crippen LogP contribution in [0.1, 0.15) is 0 Å². The van der Waals surface area contributed by atoms with E-state index in [1.165, 1.54) is 3.40 Å². The van der Waals surface area contributed by atoms with Gasteiger partial charge in [-0.05, 0) is 0 Å². The van der Waals surface area contributed by atoms with Gasteiger partial charge in [0.05, 0.1) is 0 Å². The third kappa shape index (κ3) is 1.08. The maximum atomic E-state index is 5.76. The summed E-state index contributed by atoms with van der Waals surface area (Å²) in [5, 5.41) is 0.783. The molecule has 1 heterocycles. The van der Waals surface area contributed by atoms with Gasteiger partial charge in [0.1, 0.15) is 0 Å². The Morgan fingerprint density at radius 1 is 1.40 bits per heavy atom. The van der Waals surface area contributed by atoms with Crippen molar-refractivity contribution in [2.75, 3.05) is 0 Å². The molecular weight excluding hydrogens is 261 g/mol. The molecule has 2 rings (SSSR count). The monoisotopic (exact) mass is 267 g/mol. The van der Waals surface area contributed by atoms with Crippen LogP contribution in [-0.4, -0.2) is 25.4 Å². The first-order valence-corrected chi connectivity index (χ1v) is 5.74. The van der Waals surface area contributed by atoms with Gasteiger partial charge in [0, 0.05) is 0 Å². The van der Waals surface area contributed by atoms with Crippen LogP contribution in [0, 0.1) is 0 Å². The molecule has 0 atom stereocenters. The molecule has 0 aliphatic heterocycles. The van der Waals surface area contributed by atoms with Crippen LogP contribution in [0.2, 0.25) is 5.02 Å². The first kappa shape index (κ1) is 6.67. The van der Waals surface area contributed by atoms with Gasteiger partial charge >= 0.3 is 73.4 Å². The molecule has 0 saturated carbocycles. The molecule has 0 fully saturated rings. The molecule has 50 valence electrons. The molecule has 0 N–H and O–H groups in total. The van der Waals surface area contributed by atoms with E-state index in [-0.39, 0.29) is 20.4 Å². The molecule has 0 spiro atoms. The Morgan fingerprint density at radius 2 is 2.30 bits per heavy atom. The zero-order valence-corrected chi connectivity index (χ0v) is 8.13. The Bertz CT molecular complexity index is 355. The fraction of sp³-hybridized carbons (Fsp3) is 0. The van der Waals surface area contributed by atoms with E-state index in [0.717, 1.165) is 10.5 Å². The van der Waals surface area contributed by atoms with E-state index in [2.05, 4.69) is 11.1 Å². The molecule has 3 heteroatoms. The Hall–Kier alpha value is -0.0304. The molecule has 0 saturated heterocycles. The van der Waals surface area contributed by atoms with Crippen molar-refractivity contribution in [2.45, 2.75) is 0 Å². The van der Waals surface area contributed by atoms with E-state index in [1.54, 1.807) is 0 Å². The predicted molar refractivity (Wildman–Crippen MR) is 43.7 cm³/mol. The first-order valence-electron chi connectivity index (χ1n) is 2.85. The summed E-state index contributed by atoms with van der Waals surface area (Å²) in [5.74, 6) is 0. The molecule has 0 amide bonds. The molecule has 0 aliphatic carbocycles. The minimum atomic E-state index is -0.103. The van der Waals surface area contributed by atoms with E-state index in [0.29, 0.717) is 0 Å². The summed E-state index contributed by atoms with van der Waals surface area (Å²) < 4.78 is 3.43. The van der Waals surface area contributed by atoms with Crippen molar-refractivity contribution in [1.82, 2.24) is 4.98 Å². The second kappa shape index (κ2) is 2.54. The summed E-state index contributed by atoms with van der Waals surface area (Å²) in [7, 11) is 0. The second-order valence-corrected chi connectivity index (χ2v) is 4.93. The van der Waals surface area contributed by atoms with Gasteiger partial charge in [-0.15, -0.1) is 0 Å². The number of hydrogen-bond acceptors (Lipinski definition) is 1. The Balaban J connectivity index is 2.86. The molecule has 0 aliphatic rings. The van der Waals surface area contributed by atoms with Crippen LogP contribution in [0.25, 0.3) is 8.92 Å². The van der Waals surface area contributed by atoms with Gasteiger partial charge in [-0.2, -0.15) is 0 Å². The van der Waals surface area contributed by atoms with Crippen molar-refractivity contribution in [3.63, 3.8) is 0 Å². The molecule has 0 unspecified atom stereocenters.